The van der Waals surface area contributed by atoms with Crippen LogP contribution in [0, 0.1) is 5.92 Å². The van der Waals surface area contributed by atoms with Crippen LogP contribution in [0.5, 0.6) is 5.75 Å². The van der Waals surface area contributed by atoms with E-state index >= 15 is 0 Å². The molecule has 2 aromatic rings. The smallest absolute Gasteiger partial charge is 0.387 e. The summed E-state index contributed by atoms with van der Waals surface area (Å²) >= 11 is 3.29. The second kappa shape index (κ2) is 10.3. The van der Waals surface area contributed by atoms with Gasteiger partial charge in [0.2, 0.25) is 11.8 Å². The van der Waals surface area contributed by atoms with Crippen molar-refractivity contribution < 1.29 is 23.1 Å². The van der Waals surface area contributed by atoms with E-state index in [0.717, 1.165) is 4.47 Å². The Morgan fingerprint density at radius 2 is 1.93 bits per heavy atom. The monoisotopic (exact) mass is 479 g/mol. The molecule has 1 aromatic heterocycles. The molecule has 1 fully saturated rings. The Kier molecular flexibility index (Phi) is 7.51. The van der Waals surface area contributed by atoms with Crippen molar-refractivity contribution >= 4 is 39.6 Å². The van der Waals surface area contributed by atoms with Crippen molar-refractivity contribution in [2.24, 2.45) is 5.92 Å². The van der Waals surface area contributed by atoms with Gasteiger partial charge in [0.05, 0.1) is 0 Å². The van der Waals surface area contributed by atoms with E-state index in [1.807, 2.05) is 0 Å². The quantitative estimate of drug-likeness (QED) is 0.625. The highest BCUT2D eigenvalue weighted by Gasteiger charge is 2.26. The first-order chi connectivity index (χ1) is 14.4. The summed E-state index contributed by atoms with van der Waals surface area (Å²) in [6.07, 6.45) is 5.46. The molecule has 0 aliphatic carbocycles. The molecule has 0 unspecified atom stereocenters. The van der Waals surface area contributed by atoms with Gasteiger partial charge in [0.25, 0.3) is 0 Å². The Morgan fingerprint density at radius 1 is 1.20 bits per heavy atom. The van der Waals surface area contributed by atoms with Crippen LogP contribution in [0.15, 0.2) is 53.1 Å². The minimum Gasteiger partial charge on any atom is -0.434 e. The average molecular weight is 480 g/mol. The number of halogens is 3. The zero-order chi connectivity index (χ0) is 21.5. The van der Waals surface area contributed by atoms with Crippen molar-refractivity contribution in [3.05, 3.63) is 58.7 Å². The maximum absolute atomic E-state index is 12.5. The molecule has 2 amide bonds. The third kappa shape index (κ3) is 6.09. The van der Waals surface area contributed by atoms with E-state index in [1.54, 1.807) is 41.4 Å². The average Bonchev–Trinajstić information content (AvgIpc) is 2.74. The first-order valence-electron chi connectivity index (χ1n) is 9.35. The number of carbonyl (C=O) groups is 2. The fraction of sp³-hybridized carbons (Fsp3) is 0.286. The van der Waals surface area contributed by atoms with Gasteiger partial charge in [0, 0.05) is 41.3 Å². The van der Waals surface area contributed by atoms with Crippen LogP contribution in [0.2, 0.25) is 0 Å². The van der Waals surface area contributed by atoms with Crippen molar-refractivity contribution in [1.82, 2.24) is 9.88 Å². The lowest BCUT2D eigenvalue weighted by molar-refractivity contribution is -0.130. The van der Waals surface area contributed by atoms with Gasteiger partial charge in [-0.25, -0.2) is 4.98 Å². The molecule has 0 saturated carbocycles. The minimum absolute atomic E-state index is 0.00785. The molecular formula is C21H20BrF2N3O3. The SMILES string of the molecule is O=C(Nc1ccc(Br)cn1)C1CCN(C(=O)/C=C/c2ccccc2OC(F)F)CC1. The van der Waals surface area contributed by atoms with E-state index in [-0.39, 0.29) is 23.5 Å². The number of ether oxygens (including phenoxy) is 1. The number of piperidine rings is 1. The zero-order valence-corrected chi connectivity index (χ0v) is 17.5. The van der Waals surface area contributed by atoms with Gasteiger partial charge < -0.3 is 15.0 Å². The summed E-state index contributed by atoms with van der Waals surface area (Å²) in [5.41, 5.74) is 0.391. The number of para-hydroxylation sites is 1. The first-order valence-corrected chi connectivity index (χ1v) is 10.1. The van der Waals surface area contributed by atoms with E-state index in [0.29, 0.717) is 37.3 Å². The van der Waals surface area contributed by atoms with E-state index in [9.17, 15) is 18.4 Å². The van der Waals surface area contributed by atoms with Crippen LogP contribution in [0.1, 0.15) is 18.4 Å². The van der Waals surface area contributed by atoms with Crippen molar-refractivity contribution in [1.29, 1.82) is 0 Å². The molecular weight excluding hydrogens is 460 g/mol. The number of likely N-dealkylation sites (tertiary alicyclic amines) is 1. The number of hydrogen-bond donors (Lipinski definition) is 1. The molecule has 0 radical (unpaired) electrons. The summed E-state index contributed by atoms with van der Waals surface area (Å²) in [7, 11) is 0. The molecule has 6 nitrogen and oxygen atoms in total. The third-order valence-corrected chi connectivity index (χ3v) is 5.17. The number of amides is 2. The van der Waals surface area contributed by atoms with Gasteiger partial charge in [-0.15, -0.1) is 0 Å². The van der Waals surface area contributed by atoms with Crippen LogP contribution in [0.25, 0.3) is 6.08 Å². The molecule has 1 aromatic carbocycles. The number of aromatic nitrogens is 1. The maximum atomic E-state index is 12.5. The third-order valence-electron chi connectivity index (χ3n) is 4.70. The molecule has 158 valence electrons. The largest absolute Gasteiger partial charge is 0.434 e. The number of carbonyl (C=O) groups excluding carboxylic acids is 2. The van der Waals surface area contributed by atoms with Crippen LogP contribution in [-0.2, 0) is 9.59 Å². The highest BCUT2D eigenvalue weighted by molar-refractivity contribution is 9.10. The predicted octanol–water partition coefficient (Wildman–Crippen LogP) is 4.34. The zero-order valence-electron chi connectivity index (χ0n) is 15.9. The van der Waals surface area contributed by atoms with E-state index < -0.39 is 6.61 Å². The van der Waals surface area contributed by atoms with Gasteiger partial charge in [-0.2, -0.15) is 8.78 Å². The second-order valence-corrected chi connectivity index (χ2v) is 7.62. The summed E-state index contributed by atoms with van der Waals surface area (Å²) in [6.45, 7) is -2.07. The van der Waals surface area contributed by atoms with E-state index in [4.69, 9.17) is 0 Å². The molecule has 0 atom stereocenters. The minimum atomic E-state index is -2.94. The molecule has 1 N–H and O–H groups in total. The van der Waals surface area contributed by atoms with Crippen molar-refractivity contribution in [2.45, 2.75) is 19.5 Å². The van der Waals surface area contributed by atoms with Gasteiger partial charge in [-0.05, 0) is 53.0 Å². The Labute approximate surface area is 181 Å². The van der Waals surface area contributed by atoms with E-state index in [2.05, 4.69) is 31.0 Å². The molecule has 3 rings (SSSR count). The van der Waals surface area contributed by atoms with Crippen molar-refractivity contribution in [2.75, 3.05) is 18.4 Å². The fourth-order valence-corrected chi connectivity index (χ4v) is 3.36. The molecule has 1 saturated heterocycles. The highest BCUT2D eigenvalue weighted by Crippen LogP contribution is 2.23. The van der Waals surface area contributed by atoms with Gasteiger partial charge in [-0.1, -0.05) is 18.2 Å². The van der Waals surface area contributed by atoms with Crippen molar-refractivity contribution in [3.63, 3.8) is 0 Å². The number of hydrogen-bond acceptors (Lipinski definition) is 4. The predicted molar refractivity (Wildman–Crippen MR) is 112 cm³/mol. The summed E-state index contributed by atoms with van der Waals surface area (Å²) in [5, 5.41) is 2.79. The Morgan fingerprint density at radius 3 is 2.60 bits per heavy atom. The van der Waals surface area contributed by atoms with E-state index in [1.165, 1.54) is 18.2 Å². The molecule has 0 bridgehead atoms. The number of nitrogens with one attached hydrogen (secondary N) is 1. The van der Waals surface area contributed by atoms with Crippen LogP contribution >= 0.6 is 15.9 Å². The van der Waals surface area contributed by atoms with Crippen LogP contribution in [-0.4, -0.2) is 41.4 Å². The lowest BCUT2D eigenvalue weighted by Crippen LogP contribution is -2.40. The first kappa shape index (κ1) is 21.9. The van der Waals surface area contributed by atoms with Gasteiger partial charge in [0.15, 0.2) is 0 Å². The summed E-state index contributed by atoms with van der Waals surface area (Å²) in [4.78, 5) is 30.6. The fourth-order valence-electron chi connectivity index (χ4n) is 3.13. The normalized spacial score (nSPS) is 14.9. The Bertz CT molecular complexity index is 914. The number of anilines is 1. The number of alkyl halides is 2. The van der Waals surface area contributed by atoms with Gasteiger partial charge >= 0.3 is 6.61 Å². The topological polar surface area (TPSA) is 71.5 Å². The summed E-state index contributed by atoms with van der Waals surface area (Å²) < 4.78 is 30.3. The summed E-state index contributed by atoms with van der Waals surface area (Å²) in [5.74, 6) is -0.0766. The van der Waals surface area contributed by atoms with Crippen LogP contribution in [0.3, 0.4) is 0 Å². The second-order valence-electron chi connectivity index (χ2n) is 6.70. The van der Waals surface area contributed by atoms with Crippen LogP contribution in [0.4, 0.5) is 14.6 Å². The molecule has 30 heavy (non-hydrogen) atoms. The number of nitrogens with zero attached hydrogens (tertiary/aromatic N) is 2. The number of benzene rings is 1. The Balaban J connectivity index is 1.52. The Hall–Kier alpha value is -2.81. The van der Waals surface area contributed by atoms with Crippen molar-refractivity contribution in [3.8, 4) is 5.75 Å². The van der Waals surface area contributed by atoms with Gasteiger partial charge in [0.1, 0.15) is 11.6 Å². The molecule has 1 aliphatic rings. The number of rotatable bonds is 6. The molecule has 2 heterocycles. The maximum Gasteiger partial charge on any atom is 0.387 e. The molecule has 9 heteroatoms. The molecule has 1 aliphatic heterocycles. The molecule has 0 spiro atoms. The summed E-state index contributed by atoms with van der Waals surface area (Å²) in [6, 6.07) is 9.76. The lowest BCUT2D eigenvalue weighted by Gasteiger charge is -2.30. The number of pyridine rings is 1. The van der Waals surface area contributed by atoms with Crippen LogP contribution < -0.4 is 10.1 Å². The van der Waals surface area contributed by atoms with Gasteiger partial charge in [-0.3, -0.25) is 9.59 Å². The standard InChI is InChI=1S/C21H20BrF2N3O3/c22-16-6-7-18(25-13-16)26-20(29)15-9-11-27(12-10-15)19(28)8-5-14-3-1-2-4-17(14)30-21(23)24/h1-8,13,15,21H,9-12H2,(H,25,26,29)/b8-5+. The lowest BCUT2D eigenvalue weighted by atomic mass is 9.96. The highest BCUT2D eigenvalue weighted by atomic mass is 79.9.